The number of sulfonamides is 1. The summed E-state index contributed by atoms with van der Waals surface area (Å²) in [5.41, 5.74) is 2.49. The van der Waals surface area contributed by atoms with E-state index in [0.717, 1.165) is 16.9 Å². The van der Waals surface area contributed by atoms with Gasteiger partial charge in [0.05, 0.1) is 14.1 Å². The molecule has 0 N–H and O–H groups in total. The Morgan fingerprint density at radius 1 is 0.843 bits per heavy atom. The lowest BCUT2D eigenvalue weighted by Gasteiger charge is -2.39. The summed E-state index contributed by atoms with van der Waals surface area (Å²) in [5, 5.41) is 0. The molecule has 2 fully saturated rings. The minimum Gasteiger partial charge on any atom is -0.339 e. The summed E-state index contributed by atoms with van der Waals surface area (Å²) in [6.45, 7) is 4.15. The molecule has 6 rings (SSSR count). The molecule has 0 radical (unpaired) electrons. The monoisotopic (exact) mass is 747 g/mol. The molecular weight excluding hydrogens is 706 g/mol. The van der Waals surface area contributed by atoms with Gasteiger partial charge in [-0.05, 0) is 61.3 Å². The highest BCUT2D eigenvalue weighted by molar-refractivity contribution is 7.89. The van der Waals surface area contributed by atoms with Gasteiger partial charge in [-0.1, -0.05) is 78.3 Å². The van der Waals surface area contributed by atoms with Crippen molar-refractivity contribution < 1.29 is 22.8 Å². The predicted octanol–water partition coefficient (Wildman–Crippen LogP) is 5.51. The average Bonchev–Trinajstić information content (AvgIpc) is 3.77. The second-order valence-corrected chi connectivity index (χ2v) is 16.6. The Morgan fingerprint density at radius 3 is 2.08 bits per heavy atom. The number of anilines is 1. The lowest BCUT2D eigenvalue weighted by Crippen LogP contribution is -2.58. The van der Waals surface area contributed by atoms with Crippen LogP contribution in [-0.4, -0.2) is 97.5 Å². The van der Waals surface area contributed by atoms with E-state index in [0.29, 0.717) is 71.6 Å². The van der Waals surface area contributed by atoms with E-state index in [1.807, 2.05) is 67.7 Å². The molecule has 0 saturated carbocycles. The van der Waals surface area contributed by atoms with Gasteiger partial charge in [0.15, 0.2) is 0 Å². The van der Waals surface area contributed by atoms with Gasteiger partial charge in [0.1, 0.15) is 6.04 Å². The van der Waals surface area contributed by atoms with Gasteiger partial charge in [-0.3, -0.25) is 14.4 Å². The van der Waals surface area contributed by atoms with Crippen LogP contribution in [0.15, 0.2) is 95.9 Å². The molecule has 10 nitrogen and oxygen atoms in total. The predicted molar refractivity (Wildman–Crippen MR) is 200 cm³/mol. The molecule has 3 amide bonds. The summed E-state index contributed by atoms with van der Waals surface area (Å²) in [7, 11) is -2.43. The maximum absolute atomic E-state index is 15.2. The molecule has 51 heavy (non-hydrogen) atoms. The number of carbonyl (C=O) groups is 3. The molecule has 2 aliphatic heterocycles. The zero-order chi connectivity index (χ0) is 36.1. The van der Waals surface area contributed by atoms with Gasteiger partial charge in [0, 0.05) is 64.5 Å². The van der Waals surface area contributed by atoms with Gasteiger partial charge in [-0.15, -0.1) is 11.3 Å². The third-order valence-corrected chi connectivity index (χ3v) is 12.7. The first-order valence-electron chi connectivity index (χ1n) is 17.0. The molecule has 0 unspecified atom stereocenters. The van der Waals surface area contributed by atoms with Crippen molar-refractivity contribution in [3.05, 3.63) is 117 Å². The summed E-state index contributed by atoms with van der Waals surface area (Å²) in [6, 6.07) is 25.5. The van der Waals surface area contributed by atoms with E-state index in [9.17, 15) is 14.4 Å². The number of hydrogen-bond acceptors (Lipinski definition) is 7. The van der Waals surface area contributed by atoms with E-state index in [1.165, 1.54) is 10.4 Å². The van der Waals surface area contributed by atoms with Gasteiger partial charge < -0.3 is 19.6 Å². The third-order valence-electron chi connectivity index (χ3n) is 9.52. The SMILES string of the molecule is Cc1c(N2CCCC2=O)cccc1S(=O)(=O)N(Cc1ccccc1)[C@@H](CN(Cc1ccccc1)C(=O)c1ccc(Cl)s1)C(=O)N1CCN(C)CC1. The van der Waals surface area contributed by atoms with Crippen LogP contribution in [0.5, 0.6) is 0 Å². The normalized spacial score (nSPS) is 16.1. The smallest absolute Gasteiger partial charge is 0.264 e. The lowest BCUT2D eigenvalue weighted by atomic mass is 10.1. The maximum atomic E-state index is 15.2. The first kappa shape index (κ1) is 36.7. The highest BCUT2D eigenvalue weighted by Crippen LogP contribution is 2.33. The highest BCUT2D eigenvalue weighted by atomic mass is 35.5. The lowest BCUT2D eigenvalue weighted by molar-refractivity contribution is -0.137. The Kier molecular flexibility index (Phi) is 11.6. The van der Waals surface area contributed by atoms with Crippen LogP contribution in [-0.2, 0) is 32.7 Å². The van der Waals surface area contributed by atoms with Crippen LogP contribution in [0.1, 0.15) is 39.2 Å². The van der Waals surface area contributed by atoms with Gasteiger partial charge >= 0.3 is 0 Å². The van der Waals surface area contributed by atoms with Gasteiger partial charge in [-0.2, -0.15) is 4.31 Å². The number of piperazine rings is 1. The van der Waals surface area contributed by atoms with E-state index < -0.39 is 16.1 Å². The number of thiophene rings is 1. The van der Waals surface area contributed by atoms with Crippen LogP contribution < -0.4 is 4.90 Å². The van der Waals surface area contributed by atoms with E-state index >= 15 is 8.42 Å². The molecule has 13 heteroatoms. The van der Waals surface area contributed by atoms with Crippen molar-refractivity contribution >= 4 is 56.4 Å². The molecule has 0 spiro atoms. The Bertz CT molecular complexity index is 1970. The molecule has 1 aromatic heterocycles. The van der Waals surface area contributed by atoms with Gasteiger partial charge in [0.2, 0.25) is 21.8 Å². The summed E-state index contributed by atoms with van der Waals surface area (Å²) < 4.78 is 32.1. The number of benzene rings is 3. The molecule has 3 heterocycles. The second-order valence-electron chi connectivity index (χ2n) is 13.0. The maximum Gasteiger partial charge on any atom is 0.264 e. The van der Waals surface area contributed by atoms with E-state index in [2.05, 4.69) is 4.90 Å². The second kappa shape index (κ2) is 16.1. The number of hydrogen-bond donors (Lipinski definition) is 0. The standard InChI is InChI=1S/C38H42ClN5O5S2/c1-28-31(43-20-10-17-36(43)45)15-9-16-34(28)51(48,49)44(26-30-13-7-4-8-14-30)32(37(46)41-23-21-40(2)22-24-41)27-42(25-29-11-5-3-6-12-29)38(47)33-18-19-35(39)50-33/h3-9,11-16,18-19,32H,10,17,20-27H2,1-2H3/t32-/m0/s1. The zero-order valence-corrected chi connectivity index (χ0v) is 31.2. The largest absolute Gasteiger partial charge is 0.339 e. The molecule has 0 aliphatic carbocycles. The van der Waals surface area contributed by atoms with Gasteiger partial charge in [-0.25, -0.2) is 8.42 Å². The summed E-state index contributed by atoms with van der Waals surface area (Å²) in [4.78, 5) is 49.3. The average molecular weight is 748 g/mol. The molecule has 268 valence electrons. The number of likely N-dealkylation sites (N-methyl/N-ethyl adjacent to an activating group) is 1. The minimum absolute atomic E-state index is 0.0118. The molecule has 0 bridgehead atoms. The topological polar surface area (TPSA) is 102 Å². The summed E-state index contributed by atoms with van der Waals surface area (Å²) >= 11 is 7.40. The van der Waals surface area contributed by atoms with Crippen molar-refractivity contribution in [3.63, 3.8) is 0 Å². The number of halogens is 1. The van der Waals surface area contributed by atoms with Gasteiger partial charge in [0.25, 0.3) is 5.91 Å². The van der Waals surface area contributed by atoms with Crippen LogP contribution >= 0.6 is 22.9 Å². The summed E-state index contributed by atoms with van der Waals surface area (Å²) in [5.74, 6) is -0.781. The van der Waals surface area contributed by atoms with E-state index in [-0.39, 0.29) is 42.3 Å². The summed E-state index contributed by atoms with van der Waals surface area (Å²) in [6.07, 6.45) is 1.09. The van der Waals surface area contributed by atoms with Crippen LogP contribution in [0, 0.1) is 6.92 Å². The van der Waals surface area contributed by atoms with Crippen LogP contribution in [0.25, 0.3) is 0 Å². The Balaban J connectivity index is 1.48. The Labute approximate surface area is 308 Å². The van der Waals surface area contributed by atoms with E-state index in [4.69, 9.17) is 11.6 Å². The highest BCUT2D eigenvalue weighted by Gasteiger charge is 2.42. The van der Waals surface area contributed by atoms with Crippen LogP contribution in [0.2, 0.25) is 4.34 Å². The first-order chi connectivity index (χ1) is 24.5. The van der Waals surface area contributed by atoms with Crippen LogP contribution in [0.4, 0.5) is 5.69 Å². The van der Waals surface area contributed by atoms with Crippen molar-refractivity contribution in [2.75, 3.05) is 51.2 Å². The minimum atomic E-state index is -4.42. The van der Waals surface area contributed by atoms with Crippen molar-refractivity contribution in [1.29, 1.82) is 0 Å². The Hall–Kier alpha value is -4.07. The number of nitrogens with zero attached hydrogens (tertiary/aromatic N) is 5. The Morgan fingerprint density at radius 2 is 1.49 bits per heavy atom. The fourth-order valence-electron chi connectivity index (χ4n) is 6.68. The molecule has 2 saturated heterocycles. The van der Waals surface area contributed by atoms with Crippen molar-refractivity contribution in [2.45, 2.75) is 43.8 Å². The van der Waals surface area contributed by atoms with E-state index in [1.54, 1.807) is 45.9 Å². The third kappa shape index (κ3) is 8.37. The van der Waals surface area contributed by atoms with Crippen molar-refractivity contribution in [2.24, 2.45) is 0 Å². The van der Waals surface area contributed by atoms with Crippen molar-refractivity contribution in [1.82, 2.24) is 19.0 Å². The molecule has 4 aromatic rings. The number of carbonyl (C=O) groups excluding carboxylic acids is 3. The molecular formula is C38H42ClN5O5S2. The fraction of sp³-hybridized carbons (Fsp3) is 0.342. The van der Waals surface area contributed by atoms with Crippen LogP contribution in [0.3, 0.4) is 0 Å². The zero-order valence-electron chi connectivity index (χ0n) is 28.8. The fourth-order valence-corrected chi connectivity index (χ4v) is 9.49. The first-order valence-corrected chi connectivity index (χ1v) is 19.7. The number of rotatable bonds is 12. The molecule has 3 aromatic carbocycles. The molecule has 2 aliphatic rings. The molecule has 1 atom stereocenters. The quantitative estimate of drug-likeness (QED) is 0.190. The van der Waals surface area contributed by atoms with Crippen molar-refractivity contribution in [3.8, 4) is 0 Å². The number of amides is 3.